The standard InChI is InChI=1S/C12H16N6O/c1-9(2)13-14-12-15-16-17-18(12)8-10-4-6-11(19-3)7-5-10/h4-7H,8H2,1-3H3,(H,14,15,17). The summed E-state index contributed by atoms with van der Waals surface area (Å²) in [5.41, 5.74) is 4.80. The number of nitrogens with one attached hydrogen (secondary N) is 1. The zero-order valence-electron chi connectivity index (χ0n) is 11.2. The number of aromatic nitrogens is 4. The maximum absolute atomic E-state index is 5.12. The largest absolute Gasteiger partial charge is 0.497 e. The highest BCUT2D eigenvalue weighted by molar-refractivity contribution is 5.79. The van der Waals surface area contributed by atoms with E-state index < -0.39 is 0 Å². The highest BCUT2D eigenvalue weighted by Crippen LogP contribution is 2.13. The van der Waals surface area contributed by atoms with Gasteiger partial charge in [0.2, 0.25) is 0 Å². The maximum atomic E-state index is 5.12. The van der Waals surface area contributed by atoms with Gasteiger partial charge >= 0.3 is 0 Å². The van der Waals surface area contributed by atoms with E-state index in [-0.39, 0.29) is 0 Å². The van der Waals surface area contributed by atoms with Gasteiger partial charge in [0, 0.05) is 5.71 Å². The van der Waals surface area contributed by atoms with Crippen molar-refractivity contribution in [3.05, 3.63) is 29.8 Å². The third-order valence-corrected chi connectivity index (χ3v) is 2.40. The topological polar surface area (TPSA) is 77.2 Å². The average Bonchev–Trinajstić information content (AvgIpc) is 2.84. The average molecular weight is 260 g/mol. The molecule has 0 aliphatic heterocycles. The first-order chi connectivity index (χ1) is 9.19. The first-order valence-electron chi connectivity index (χ1n) is 5.85. The molecule has 1 heterocycles. The first kappa shape index (κ1) is 13.0. The lowest BCUT2D eigenvalue weighted by Crippen LogP contribution is -2.07. The van der Waals surface area contributed by atoms with Gasteiger partial charge in [0.05, 0.1) is 13.7 Å². The van der Waals surface area contributed by atoms with E-state index in [2.05, 4.69) is 26.1 Å². The molecule has 7 nitrogen and oxygen atoms in total. The number of hydrogen-bond donors (Lipinski definition) is 1. The molecule has 0 saturated carbocycles. The number of tetrazole rings is 1. The molecule has 0 atom stereocenters. The summed E-state index contributed by atoms with van der Waals surface area (Å²) < 4.78 is 6.76. The number of anilines is 1. The van der Waals surface area contributed by atoms with Crippen molar-refractivity contribution in [3.8, 4) is 5.75 Å². The second-order valence-corrected chi connectivity index (χ2v) is 4.18. The molecule has 1 aromatic carbocycles. The summed E-state index contributed by atoms with van der Waals surface area (Å²) in [6.45, 7) is 4.35. The second-order valence-electron chi connectivity index (χ2n) is 4.18. The van der Waals surface area contributed by atoms with Gasteiger partial charge in [0.25, 0.3) is 5.95 Å². The van der Waals surface area contributed by atoms with Gasteiger partial charge in [0.1, 0.15) is 5.75 Å². The molecule has 0 saturated heterocycles. The Bertz CT molecular complexity index is 556. The summed E-state index contributed by atoms with van der Waals surface area (Å²) in [7, 11) is 1.64. The predicted octanol–water partition coefficient (Wildman–Crippen LogP) is 1.54. The van der Waals surface area contributed by atoms with Crippen LogP contribution in [0, 0.1) is 0 Å². The van der Waals surface area contributed by atoms with Crippen LogP contribution in [0.1, 0.15) is 19.4 Å². The SMILES string of the molecule is COc1ccc(Cn2nnnc2NN=C(C)C)cc1. The van der Waals surface area contributed by atoms with Crippen LogP contribution in [0.15, 0.2) is 29.4 Å². The summed E-state index contributed by atoms with van der Waals surface area (Å²) in [5, 5.41) is 15.5. The normalized spacial score (nSPS) is 10.1. The van der Waals surface area contributed by atoms with Gasteiger partial charge in [-0.3, -0.25) is 0 Å². The Labute approximate surface area is 111 Å². The minimum Gasteiger partial charge on any atom is -0.497 e. The van der Waals surface area contributed by atoms with Crippen molar-refractivity contribution in [1.29, 1.82) is 0 Å². The smallest absolute Gasteiger partial charge is 0.263 e. The zero-order chi connectivity index (χ0) is 13.7. The molecule has 1 aromatic heterocycles. The number of hydrazone groups is 1. The molecular weight excluding hydrogens is 244 g/mol. The van der Waals surface area contributed by atoms with Crippen molar-refractivity contribution in [1.82, 2.24) is 20.2 Å². The van der Waals surface area contributed by atoms with Gasteiger partial charge in [-0.15, -0.1) is 0 Å². The lowest BCUT2D eigenvalue weighted by Gasteiger charge is -2.05. The van der Waals surface area contributed by atoms with Crippen LogP contribution in [0.5, 0.6) is 5.75 Å². The number of methoxy groups -OCH3 is 1. The van der Waals surface area contributed by atoms with Gasteiger partial charge in [-0.2, -0.15) is 5.10 Å². The van der Waals surface area contributed by atoms with Crippen LogP contribution in [0.2, 0.25) is 0 Å². The van der Waals surface area contributed by atoms with Gasteiger partial charge in [-0.1, -0.05) is 17.2 Å². The van der Waals surface area contributed by atoms with Gasteiger partial charge in [-0.25, -0.2) is 10.1 Å². The van der Waals surface area contributed by atoms with Gasteiger partial charge in [0.15, 0.2) is 0 Å². The van der Waals surface area contributed by atoms with E-state index in [0.29, 0.717) is 12.5 Å². The first-order valence-corrected chi connectivity index (χ1v) is 5.85. The highest BCUT2D eigenvalue weighted by Gasteiger charge is 2.05. The summed E-state index contributed by atoms with van der Waals surface area (Å²) in [6, 6.07) is 7.75. The molecular formula is C12H16N6O. The quantitative estimate of drug-likeness (QED) is 0.651. The van der Waals surface area contributed by atoms with Gasteiger partial charge < -0.3 is 4.74 Å². The molecule has 7 heteroatoms. The Morgan fingerprint density at radius 3 is 2.68 bits per heavy atom. The molecule has 0 unspecified atom stereocenters. The molecule has 2 rings (SSSR count). The number of benzene rings is 1. The Kier molecular flexibility index (Phi) is 4.07. The third-order valence-electron chi connectivity index (χ3n) is 2.40. The molecule has 0 fully saturated rings. The molecule has 0 bridgehead atoms. The summed E-state index contributed by atoms with van der Waals surface area (Å²) in [6.07, 6.45) is 0. The molecule has 2 aromatic rings. The molecule has 0 aliphatic carbocycles. The molecule has 19 heavy (non-hydrogen) atoms. The van der Waals surface area contributed by atoms with Crippen molar-refractivity contribution in [2.45, 2.75) is 20.4 Å². The van der Waals surface area contributed by atoms with Crippen molar-refractivity contribution in [2.75, 3.05) is 12.5 Å². The molecule has 0 aliphatic rings. The minimum absolute atomic E-state index is 0.511. The lowest BCUT2D eigenvalue weighted by molar-refractivity contribution is 0.414. The van der Waals surface area contributed by atoms with Crippen molar-refractivity contribution in [3.63, 3.8) is 0 Å². The number of rotatable bonds is 5. The van der Waals surface area contributed by atoms with E-state index in [1.807, 2.05) is 38.1 Å². The minimum atomic E-state index is 0.511. The maximum Gasteiger partial charge on any atom is 0.263 e. The van der Waals surface area contributed by atoms with Crippen LogP contribution in [-0.4, -0.2) is 33.0 Å². The van der Waals surface area contributed by atoms with E-state index in [1.165, 1.54) is 0 Å². The fraction of sp³-hybridized carbons (Fsp3) is 0.333. The Morgan fingerprint density at radius 2 is 2.05 bits per heavy atom. The van der Waals surface area contributed by atoms with E-state index in [1.54, 1.807) is 11.8 Å². The molecule has 0 amide bonds. The predicted molar refractivity (Wildman–Crippen MR) is 72.3 cm³/mol. The summed E-state index contributed by atoms with van der Waals surface area (Å²) >= 11 is 0. The molecule has 0 spiro atoms. The van der Waals surface area contributed by atoms with E-state index in [0.717, 1.165) is 17.0 Å². The van der Waals surface area contributed by atoms with Crippen molar-refractivity contribution < 1.29 is 4.74 Å². The zero-order valence-corrected chi connectivity index (χ0v) is 11.2. The van der Waals surface area contributed by atoms with Crippen LogP contribution in [0.25, 0.3) is 0 Å². The molecule has 0 radical (unpaired) electrons. The van der Waals surface area contributed by atoms with Crippen LogP contribution >= 0.6 is 0 Å². The summed E-state index contributed by atoms with van der Waals surface area (Å²) in [4.78, 5) is 0. The second kappa shape index (κ2) is 5.94. The Hall–Kier alpha value is -2.44. The highest BCUT2D eigenvalue weighted by atomic mass is 16.5. The van der Waals surface area contributed by atoms with Crippen LogP contribution in [0.4, 0.5) is 5.95 Å². The van der Waals surface area contributed by atoms with Crippen LogP contribution in [-0.2, 0) is 6.54 Å². The fourth-order valence-electron chi connectivity index (χ4n) is 1.46. The Morgan fingerprint density at radius 1 is 1.32 bits per heavy atom. The summed E-state index contributed by atoms with van der Waals surface area (Å²) in [5.74, 6) is 1.34. The lowest BCUT2D eigenvalue weighted by atomic mass is 10.2. The molecule has 100 valence electrons. The Balaban J connectivity index is 2.10. The van der Waals surface area contributed by atoms with E-state index >= 15 is 0 Å². The monoisotopic (exact) mass is 260 g/mol. The van der Waals surface area contributed by atoms with Crippen LogP contribution in [0.3, 0.4) is 0 Å². The van der Waals surface area contributed by atoms with E-state index in [4.69, 9.17) is 4.74 Å². The van der Waals surface area contributed by atoms with Crippen molar-refractivity contribution >= 4 is 11.7 Å². The number of nitrogens with zero attached hydrogens (tertiary/aromatic N) is 5. The number of ether oxygens (including phenoxy) is 1. The third kappa shape index (κ3) is 3.51. The molecule has 1 N–H and O–H groups in total. The number of hydrogen-bond acceptors (Lipinski definition) is 6. The van der Waals surface area contributed by atoms with E-state index in [9.17, 15) is 0 Å². The fourth-order valence-corrected chi connectivity index (χ4v) is 1.46. The van der Waals surface area contributed by atoms with Crippen molar-refractivity contribution in [2.24, 2.45) is 5.10 Å². The van der Waals surface area contributed by atoms with Gasteiger partial charge in [-0.05, 0) is 42.0 Å². The van der Waals surface area contributed by atoms with Crippen LogP contribution < -0.4 is 10.2 Å².